The first-order valence-corrected chi connectivity index (χ1v) is 9.40. The van der Waals surface area contributed by atoms with Gasteiger partial charge in [0, 0.05) is 38.5 Å². The van der Waals surface area contributed by atoms with Gasteiger partial charge >= 0.3 is 0 Å². The lowest BCUT2D eigenvalue weighted by molar-refractivity contribution is 0.0827. The summed E-state index contributed by atoms with van der Waals surface area (Å²) >= 11 is 0. The third kappa shape index (κ3) is 3.99. The van der Waals surface area contributed by atoms with Crippen molar-refractivity contribution in [2.24, 2.45) is 0 Å². The second kappa shape index (κ2) is 7.79. The molecule has 1 amide bonds. The molecule has 7 heteroatoms. The number of aromatic nitrogens is 2. The standard InChI is InChI=1S/C22H23N5O2/c1-26(2)22(28)16-6-4-15(5-7-16)17-8-9-20(23-13-17)25-18-12-19-21(24-14-18)29-11-10-27(19)3/h4-9,12-14H,10-11H2,1-3H3,(H,23,25). The van der Waals surface area contributed by atoms with E-state index in [9.17, 15) is 4.79 Å². The number of fused-ring (bicyclic) bond motifs is 1. The van der Waals surface area contributed by atoms with E-state index in [4.69, 9.17) is 4.74 Å². The topological polar surface area (TPSA) is 70.6 Å². The quantitative estimate of drug-likeness (QED) is 0.737. The van der Waals surface area contributed by atoms with Crippen molar-refractivity contribution in [2.45, 2.75) is 0 Å². The van der Waals surface area contributed by atoms with Crippen LogP contribution in [0.4, 0.5) is 17.2 Å². The third-order valence-corrected chi connectivity index (χ3v) is 4.82. The summed E-state index contributed by atoms with van der Waals surface area (Å²) in [6.45, 7) is 1.49. The lowest BCUT2D eigenvalue weighted by Gasteiger charge is -2.27. The molecule has 0 spiro atoms. The van der Waals surface area contributed by atoms with Crippen LogP contribution in [0.5, 0.6) is 5.88 Å². The first-order chi connectivity index (χ1) is 14.0. The molecule has 3 aromatic rings. The van der Waals surface area contributed by atoms with Crippen molar-refractivity contribution in [3.63, 3.8) is 0 Å². The first kappa shape index (κ1) is 18.7. The molecule has 0 aliphatic carbocycles. The Bertz CT molecular complexity index is 1020. The summed E-state index contributed by atoms with van der Waals surface area (Å²) in [5.74, 6) is 1.38. The highest BCUT2D eigenvalue weighted by atomic mass is 16.5. The molecule has 7 nitrogen and oxygen atoms in total. The van der Waals surface area contributed by atoms with Crippen LogP contribution in [0.2, 0.25) is 0 Å². The summed E-state index contributed by atoms with van der Waals surface area (Å²) in [6, 6.07) is 13.5. The number of ether oxygens (including phenoxy) is 1. The van der Waals surface area contributed by atoms with Crippen LogP contribution in [0.1, 0.15) is 10.4 Å². The van der Waals surface area contributed by atoms with Gasteiger partial charge in [-0.25, -0.2) is 9.97 Å². The molecule has 0 bridgehead atoms. The zero-order chi connectivity index (χ0) is 20.4. The first-order valence-electron chi connectivity index (χ1n) is 9.40. The van der Waals surface area contributed by atoms with Gasteiger partial charge in [0.2, 0.25) is 5.88 Å². The molecule has 0 radical (unpaired) electrons. The SMILES string of the molecule is CN(C)C(=O)c1ccc(-c2ccc(Nc3cnc4c(c3)N(C)CCO4)nc2)cc1. The molecule has 1 aromatic carbocycles. The Morgan fingerprint density at radius 3 is 2.52 bits per heavy atom. The molecule has 1 N–H and O–H groups in total. The van der Waals surface area contributed by atoms with E-state index in [2.05, 4.69) is 20.2 Å². The maximum absolute atomic E-state index is 12.0. The lowest BCUT2D eigenvalue weighted by atomic mass is 10.1. The maximum atomic E-state index is 12.0. The zero-order valence-corrected chi connectivity index (χ0v) is 16.7. The van der Waals surface area contributed by atoms with Crippen molar-refractivity contribution < 1.29 is 9.53 Å². The molecule has 0 fully saturated rings. The van der Waals surface area contributed by atoms with E-state index in [1.54, 1.807) is 25.2 Å². The van der Waals surface area contributed by atoms with Gasteiger partial charge in [0.15, 0.2) is 0 Å². The van der Waals surface area contributed by atoms with Crippen molar-refractivity contribution in [3.05, 3.63) is 60.4 Å². The van der Waals surface area contributed by atoms with Crippen molar-refractivity contribution in [1.82, 2.24) is 14.9 Å². The van der Waals surface area contributed by atoms with Gasteiger partial charge in [-0.3, -0.25) is 4.79 Å². The van der Waals surface area contributed by atoms with Gasteiger partial charge in [0.05, 0.1) is 18.4 Å². The summed E-state index contributed by atoms with van der Waals surface area (Å²) in [5, 5.41) is 3.28. The van der Waals surface area contributed by atoms with Gasteiger partial charge in [-0.15, -0.1) is 0 Å². The van der Waals surface area contributed by atoms with Gasteiger partial charge in [-0.1, -0.05) is 12.1 Å². The Hall–Kier alpha value is -3.61. The fourth-order valence-corrected chi connectivity index (χ4v) is 3.14. The van der Waals surface area contributed by atoms with Crippen LogP contribution < -0.4 is 15.0 Å². The molecule has 0 atom stereocenters. The van der Waals surface area contributed by atoms with Gasteiger partial charge in [-0.05, 0) is 35.9 Å². The highest BCUT2D eigenvalue weighted by molar-refractivity contribution is 5.94. The fraction of sp³-hybridized carbons (Fsp3) is 0.227. The lowest BCUT2D eigenvalue weighted by Crippen LogP contribution is -2.29. The number of carbonyl (C=O) groups excluding carboxylic acids is 1. The molecule has 1 aliphatic heterocycles. The molecular formula is C22H23N5O2. The summed E-state index contributed by atoms with van der Waals surface area (Å²) in [6.07, 6.45) is 3.56. The fourth-order valence-electron chi connectivity index (χ4n) is 3.14. The highest BCUT2D eigenvalue weighted by Crippen LogP contribution is 2.31. The predicted molar refractivity (Wildman–Crippen MR) is 114 cm³/mol. The van der Waals surface area contributed by atoms with E-state index < -0.39 is 0 Å². The Labute approximate surface area is 170 Å². The van der Waals surface area contributed by atoms with Crippen LogP contribution in [-0.4, -0.2) is 55.1 Å². The number of amides is 1. The second-order valence-electron chi connectivity index (χ2n) is 7.15. The summed E-state index contributed by atoms with van der Waals surface area (Å²) in [4.78, 5) is 24.6. The highest BCUT2D eigenvalue weighted by Gasteiger charge is 2.16. The zero-order valence-electron chi connectivity index (χ0n) is 16.7. The van der Waals surface area contributed by atoms with Gasteiger partial charge in [0.1, 0.15) is 18.1 Å². The maximum Gasteiger partial charge on any atom is 0.253 e. The van der Waals surface area contributed by atoms with E-state index in [0.717, 1.165) is 34.9 Å². The molecule has 0 unspecified atom stereocenters. The average Bonchev–Trinajstić information content (AvgIpc) is 2.74. The van der Waals surface area contributed by atoms with Crippen molar-refractivity contribution in [3.8, 4) is 17.0 Å². The summed E-state index contributed by atoms with van der Waals surface area (Å²) < 4.78 is 5.58. The van der Waals surface area contributed by atoms with E-state index in [0.29, 0.717) is 18.1 Å². The number of pyridine rings is 2. The van der Waals surface area contributed by atoms with Crippen LogP contribution in [-0.2, 0) is 0 Å². The number of rotatable bonds is 4. The van der Waals surface area contributed by atoms with Crippen LogP contribution in [0.3, 0.4) is 0 Å². The Kier molecular flexibility index (Phi) is 5.03. The molecule has 0 saturated heterocycles. The minimum absolute atomic E-state index is 0.0103. The minimum atomic E-state index is -0.0103. The summed E-state index contributed by atoms with van der Waals surface area (Å²) in [7, 11) is 5.52. The second-order valence-corrected chi connectivity index (χ2v) is 7.15. The van der Waals surface area contributed by atoms with Crippen LogP contribution in [0, 0.1) is 0 Å². The largest absolute Gasteiger partial charge is 0.474 e. The van der Waals surface area contributed by atoms with Gasteiger partial charge < -0.3 is 19.9 Å². The van der Waals surface area contributed by atoms with Crippen molar-refractivity contribution >= 4 is 23.1 Å². The molecule has 3 heterocycles. The number of benzene rings is 1. The van der Waals surface area contributed by atoms with Crippen molar-refractivity contribution in [1.29, 1.82) is 0 Å². The Morgan fingerprint density at radius 1 is 1.07 bits per heavy atom. The number of nitrogens with zero attached hydrogens (tertiary/aromatic N) is 4. The van der Waals surface area contributed by atoms with E-state index in [1.165, 1.54) is 0 Å². The number of hydrogen-bond acceptors (Lipinski definition) is 6. The van der Waals surface area contributed by atoms with E-state index in [1.807, 2.05) is 55.7 Å². The van der Waals surface area contributed by atoms with E-state index in [-0.39, 0.29) is 5.91 Å². The van der Waals surface area contributed by atoms with Gasteiger partial charge in [0.25, 0.3) is 5.91 Å². The monoisotopic (exact) mass is 389 g/mol. The molecule has 2 aromatic heterocycles. The van der Waals surface area contributed by atoms with E-state index >= 15 is 0 Å². The number of hydrogen-bond donors (Lipinski definition) is 1. The predicted octanol–water partition coefficient (Wildman–Crippen LogP) is 3.42. The van der Waals surface area contributed by atoms with Crippen LogP contribution in [0.25, 0.3) is 11.1 Å². The van der Waals surface area contributed by atoms with Crippen LogP contribution >= 0.6 is 0 Å². The molecule has 29 heavy (non-hydrogen) atoms. The Morgan fingerprint density at radius 2 is 1.83 bits per heavy atom. The molecule has 4 rings (SSSR count). The Balaban J connectivity index is 1.48. The third-order valence-electron chi connectivity index (χ3n) is 4.82. The number of likely N-dealkylation sites (N-methyl/N-ethyl adjacent to an activating group) is 1. The molecule has 148 valence electrons. The molecule has 0 saturated carbocycles. The minimum Gasteiger partial charge on any atom is -0.474 e. The van der Waals surface area contributed by atoms with Gasteiger partial charge in [-0.2, -0.15) is 0 Å². The van der Waals surface area contributed by atoms with Crippen LogP contribution in [0.15, 0.2) is 54.9 Å². The average molecular weight is 389 g/mol. The normalized spacial score (nSPS) is 12.7. The number of nitrogens with one attached hydrogen (secondary N) is 1. The number of anilines is 3. The summed E-state index contributed by atoms with van der Waals surface area (Å²) in [5.41, 5.74) is 4.47. The molecule has 1 aliphatic rings. The molecular weight excluding hydrogens is 366 g/mol. The number of carbonyl (C=O) groups is 1. The smallest absolute Gasteiger partial charge is 0.253 e. The van der Waals surface area contributed by atoms with Crippen molar-refractivity contribution in [2.75, 3.05) is 44.5 Å².